The topological polar surface area (TPSA) is 49.8 Å². The molecule has 0 saturated heterocycles. The average Bonchev–Trinajstić information content (AvgIpc) is 2.23. The van der Waals surface area contributed by atoms with Crippen molar-refractivity contribution in [1.29, 1.82) is 0 Å². The molecule has 94 valence electrons. The number of aliphatic carboxylic acids is 1. The van der Waals surface area contributed by atoms with Crippen LogP contribution in [-0.4, -0.2) is 42.7 Å². The van der Waals surface area contributed by atoms with E-state index in [-0.39, 0.29) is 12.5 Å². The van der Waals surface area contributed by atoms with Crippen LogP contribution in [0.5, 0.6) is 5.75 Å². The minimum Gasteiger partial charge on any atom is -0.492 e. The Hall–Kier alpha value is -1.26. The first-order valence-corrected chi connectivity index (χ1v) is 5.63. The van der Waals surface area contributed by atoms with Gasteiger partial charge < -0.3 is 14.7 Å². The van der Waals surface area contributed by atoms with Crippen molar-refractivity contribution in [2.45, 2.75) is 12.5 Å². The van der Waals surface area contributed by atoms with Crippen LogP contribution in [0.15, 0.2) is 24.3 Å². The lowest BCUT2D eigenvalue weighted by molar-refractivity contribution is -0.138. The zero-order valence-electron chi connectivity index (χ0n) is 9.89. The molecule has 0 aliphatic rings. The maximum absolute atomic E-state index is 10.7. The summed E-state index contributed by atoms with van der Waals surface area (Å²) in [5, 5.41) is 9.37. The second-order valence-corrected chi connectivity index (χ2v) is 4.42. The molecule has 0 bridgehead atoms. The van der Waals surface area contributed by atoms with Crippen molar-refractivity contribution >= 4 is 17.6 Å². The van der Waals surface area contributed by atoms with Crippen LogP contribution in [0.3, 0.4) is 0 Å². The normalized spacial score (nSPS) is 12.5. The zero-order chi connectivity index (χ0) is 12.8. The van der Waals surface area contributed by atoms with Gasteiger partial charge in [-0.2, -0.15) is 0 Å². The first kappa shape index (κ1) is 13.8. The quantitative estimate of drug-likeness (QED) is 0.848. The Morgan fingerprint density at radius 1 is 1.53 bits per heavy atom. The molecule has 1 rings (SSSR count). The van der Waals surface area contributed by atoms with Crippen LogP contribution in [0.4, 0.5) is 0 Å². The Labute approximate surface area is 106 Å². The van der Waals surface area contributed by atoms with Crippen LogP contribution in [0.1, 0.15) is 6.42 Å². The highest BCUT2D eigenvalue weighted by Crippen LogP contribution is 2.17. The molecule has 0 amide bonds. The van der Waals surface area contributed by atoms with E-state index >= 15 is 0 Å². The molecule has 17 heavy (non-hydrogen) atoms. The van der Waals surface area contributed by atoms with E-state index in [1.165, 1.54) is 0 Å². The highest BCUT2D eigenvalue weighted by molar-refractivity contribution is 6.30. The number of rotatable bonds is 6. The molecule has 4 nitrogen and oxygen atoms in total. The molecule has 1 N–H and O–H groups in total. The lowest BCUT2D eigenvalue weighted by Crippen LogP contribution is -2.35. The minimum absolute atomic E-state index is 0.0492. The SMILES string of the molecule is CN(C)C(COc1cccc(Cl)c1)CC(=O)O. The van der Waals surface area contributed by atoms with E-state index < -0.39 is 5.97 Å². The Morgan fingerprint density at radius 2 is 2.24 bits per heavy atom. The van der Waals surface area contributed by atoms with E-state index in [1.54, 1.807) is 24.3 Å². The van der Waals surface area contributed by atoms with Crippen molar-refractivity contribution in [1.82, 2.24) is 4.90 Å². The molecule has 0 aliphatic heterocycles. The Balaban J connectivity index is 2.54. The molecule has 5 heteroatoms. The molecule has 1 atom stereocenters. The summed E-state index contributed by atoms with van der Waals surface area (Å²) in [5.41, 5.74) is 0. The third-order valence-electron chi connectivity index (χ3n) is 2.38. The summed E-state index contributed by atoms with van der Waals surface area (Å²) >= 11 is 5.82. The zero-order valence-corrected chi connectivity index (χ0v) is 10.6. The molecule has 0 radical (unpaired) electrons. The van der Waals surface area contributed by atoms with Gasteiger partial charge in [-0.3, -0.25) is 4.79 Å². The Kier molecular flexibility index (Phi) is 5.25. The number of halogens is 1. The molecule has 1 unspecified atom stereocenters. The summed E-state index contributed by atoms with van der Waals surface area (Å²) < 4.78 is 5.52. The van der Waals surface area contributed by atoms with E-state index in [0.29, 0.717) is 17.4 Å². The van der Waals surface area contributed by atoms with Crippen LogP contribution in [0, 0.1) is 0 Å². The van der Waals surface area contributed by atoms with Crippen molar-refractivity contribution < 1.29 is 14.6 Å². The van der Waals surface area contributed by atoms with E-state index in [0.717, 1.165) is 0 Å². The summed E-state index contributed by atoms with van der Waals surface area (Å²) in [7, 11) is 3.66. The van der Waals surface area contributed by atoms with Crippen molar-refractivity contribution in [2.75, 3.05) is 20.7 Å². The van der Waals surface area contributed by atoms with Gasteiger partial charge in [0.25, 0.3) is 0 Å². The summed E-state index contributed by atoms with van der Waals surface area (Å²) in [5.74, 6) is -0.187. The van der Waals surface area contributed by atoms with Crippen LogP contribution in [0.25, 0.3) is 0 Å². The highest BCUT2D eigenvalue weighted by atomic mass is 35.5. The van der Waals surface area contributed by atoms with E-state index in [2.05, 4.69) is 0 Å². The Bertz CT molecular complexity index is 382. The minimum atomic E-state index is -0.835. The van der Waals surface area contributed by atoms with Gasteiger partial charge in [0.2, 0.25) is 0 Å². The van der Waals surface area contributed by atoms with Gasteiger partial charge in [-0.25, -0.2) is 0 Å². The van der Waals surface area contributed by atoms with Crippen molar-refractivity contribution in [3.05, 3.63) is 29.3 Å². The first-order chi connectivity index (χ1) is 7.99. The predicted octanol–water partition coefficient (Wildman–Crippen LogP) is 2.12. The molecule has 1 aromatic carbocycles. The average molecular weight is 258 g/mol. The number of hydrogen-bond acceptors (Lipinski definition) is 3. The predicted molar refractivity (Wildman–Crippen MR) is 66.7 cm³/mol. The molecule has 0 heterocycles. The first-order valence-electron chi connectivity index (χ1n) is 5.25. The van der Waals surface area contributed by atoms with Gasteiger partial charge in [0.05, 0.1) is 12.5 Å². The van der Waals surface area contributed by atoms with Crippen LogP contribution >= 0.6 is 11.6 Å². The number of nitrogens with zero attached hydrogens (tertiary/aromatic N) is 1. The summed E-state index contributed by atoms with van der Waals surface area (Å²) in [4.78, 5) is 12.5. The molecular formula is C12H16ClNO3. The standard InChI is InChI=1S/C12H16ClNO3/c1-14(2)10(7-12(15)16)8-17-11-5-3-4-9(13)6-11/h3-6,10H,7-8H2,1-2H3,(H,15,16). The van der Waals surface area contributed by atoms with Gasteiger partial charge in [-0.15, -0.1) is 0 Å². The maximum atomic E-state index is 10.7. The number of hydrogen-bond donors (Lipinski definition) is 1. The lowest BCUT2D eigenvalue weighted by Gasteiger charge is -2.22. The number of likely N-dealkylation sites (N-methyl/N-ethyl adjacent to an activating group) is 1. The molecule has 0 aromatic heterocycles. The molecule has 0 aliphatic carbocycles. The monoisotopic (exact) mass is 257 g/mol. The largest absolute Gasteiger partial charge is 0.492 e. The van der Waals surface area contributed by atoms with Gasteiger partial charge in [-0.1, -0.05) is 17.7 Å². The van der Waals surface area contributed by atoms with Crippen LogP contribution < -0.4 is 4.74 Å². The fourth-order valence-electron chi connectivity index (χ4n) is 1.34. The second kappa shape index (κ2) is 6.47. The van der Waals surface area contributed by atoms with Crippen LogP contribution in [-0.2, 0) is 4.79 Å². The van der Waals surface area contributed by atoms with Crippen molar-refractivity contribution in [3.63, 3.8) is 0 Å². The molecule has 0 fully saturated rings. The Morgan fingerprint density at radius 3 is 2.76 bits per heavy atom. The number of carboxylic acids is 1. The van der Waals surface area contributed by atoms with Gasteiger partial charge in [0, 0.05) is 5.02 Å². The van der Waals surface area contributed by atoms with Gasteiger partial charge in [0.15, 0.2) is 0 Å². The summed E-state index contributed by atoms with van der Waals surface area (Å²) in [6, 6.07) is 6.88. The molecular weight excluding hydrogens is 242 g/mol. The number of benzene rings is 1. The third-order valence-corrected chi connectivity index (χ3v) is 2.61. The van der Waals surface area contributed by atoms with Gasteiger partial charge in [0.1, 0.15) is 12.4 Å². The van der Waals surface area contributed by atoms with Crippen molar-refractivity contribution in [2.24, 2.45) is 0 Å². The highest BCUT2D eigenvalue weighted by Gasteiger charge is 2.16. The molecule has 1 aromatic rings. The number of carboxylic acid groups (broad SMARTS) is 1. The molecule has 0 saturated carbocycles. The van der Waals surface area contributed by atoms with Crippen molar-refractivity contribution in [3.8, 4) is 5.75 Å². The smallest absolute Gasteiger partial charge is 0.305 e. The van der Waals surface area contributed by atoms with E-state index in [9.17, 15) is 4.79 Å². The number of carbonyl (C=O) groups is 1. The second-order valence-electron chi connectivity index (χ2n) is 3.98. The fraction of sp³-hybridized carbons (Fsp3) is 0.417. The molecule has 0 spiro atoms. The fourth-order valence-corrected chi connectivity index (χ4v) is 1.52. The third kappa shape index (κ3) is 5.06. The van der Waals surface area contributed by atoms with Crippen LogP contribution in [0.2, 0.25) is 5.02 Å². The number of ether oxygens (including phenoxy) is 1. The van der Waals surface area contributed by atoms with E-state index in [1.807, 2.05) is 19.0 Å². The summed E-state index contributed by atoms with van der Waals surface area (Å²) in [6.45, 7) is 0.319. The van der Waals surface area contributed by atoms with Gasteiger partial charge in [-0.05, 0) is 32.3 Å². The van der Waals surface area contributed by atoms with Gasteiger partial charge >= 0.3 is 5.97 Å². The lowest BCUT2D eigenvalue weighted by atomic mass is 10.2. The maximum Gasteiger partial charge on any atom is 0.305 e. The summed E-state index contributed by atoms with van der Waals surface area (Å²) in [6.07, 6.45) is 0.0492. The van der Waals surface area contributed by atoms with E-state index in [4.69, 9.17) is 21.4 Å².